The third-order valence-electron chi connectivity index (χ3n) is 2.59. The van der Waals surface area contributed by atoms with Crippen molar-refractivity contribution in [3.63, 3.8) is 0 Å². The van der Waals surface area contributed by atoms with E-state index in [4.69, 9.17) is 16.3 Å². The Kier molecular flexibility index (Phi) is 11.4. The fraction of sp³-hybridized carbons (Fsp3) is 0.333. The molecular weight excluding hydrogens is 282 g/mol. The largest absolute Gasteiger partial charge is 0.494 e. The van der Waals surface area contributed by atoms with Gasteiger partial charge in [0.2, 0.25) is 0 Å². The van der Waals surface area contributed by atoms with Crippen molar-refractivity contribution in [2.75, 3.05) is 13.7 Å². The van der Waals surface area contributed by atoms with Crippen molar-refractivity contribution in [2.45, 2.75) is 27.2 Å². The molecule has 0 radical (unpaired) electrons. The third-order valence-corrected chi connectivity index (χ3v) is 2.96. The second-order valence-corrected chi connectivity index (χ2v) is 4.25. The Labute approximate surface area is 133 Å². The van der Waals surface area contributed by atoms with Crippen LogP contribution in [-0.2, 0) is 6.42 Å². The molecule has 0 aliphatic heterocycles. The Morgan fingerprint density at radius 2 is 1.52 bits per heavy atom. The quantitative estimate of drug-likeness (QED) is 0.869. The van der Waals surface area contributed by atoms with Crippen LogP contribution in [0.15, 0.2) is 48.5 Å². The highest BCUT2D eigenvalue weighted by atomic mass is 35.5. The maximum absolute atomic E-state index is 6.13. The van der Waals surface area contributed by atoms with Crippen molar-refractivity contribution in [1.82, 2.24) is 0 Å². The van der Waals surface area contributed by atoms with E-state index < -0.39 is 0 Å². The van der Waals surface area contributed by atoms with E-state index in [1.54, 1.807) is 0 Å². The Morgan fingerprint density at radius 3 is 2.05 bits per heavy atom. The molecule has 0 aliphatic carbocycles. The smallest absolute Gasteiger partial charge is 0.119 e. The fourth-order valence-electron chi connectivity index (χ4n) is 1.73. The molecule has 2 N–H and O–H groups in total. The average molecular weight is 308 g/mol. The number of halogens is 1. The molecule has 0 bridgehead atoms. The molecule has 0 fully saturated rings. The lowest BCUT2D eigenvalue weighted by Crippen LogP contribution is -1.92. The molecule has 0 aliphatic rings. The van der Waals surface area contributed by atoms with E-state index in [-0.39, 0.29) is 0 Å². The normalized spacial score (nSPS) is 8.86. The SMILES string of the molecule is CC.CCOc1ccc(Cc2ccccc2Cl)cc1.CN. The van der Waals surface area contributed by atoms with E-state index in [1.807, 2.05) is 51.1 Å². The second-order valence-electron chi connectivity index (χ2n) is 3.85. The maximum Gasteiger partial charge on any atom is 0.119 e. The Bertz CT molecular complexity index is 483. The van der Waals surface area contributed by atoms with Crippen LogP contribution in [0.5, 0.6) is 5.75 Å². The molecule has 0 heterocycles. The molecule has 0 spiro atoms. The molecule has 3 heteroatoms. The Morgan fingerprint density at radius 1 is 0.952 bits per heavy atom. The standard InChI is InChI=1S/C15H15ClO.C2H6.CH5N/c1-2-17-14-9-7-12(8-10-14)11-13-5-3-4-6-15(13)16;2*1-2/h3-10H,2,11H2,1H3;1-2H3;2H2,1H3. The highest BCUT2D eigenvalue weighted by molar-refractivity contribution is 6.31. The zero-order valence-electron chi connectivity index (χ0n) is 13.4. The van der Waals surface area contributed by atoms with Gasteiger partial charge in [0.15, 0.2) is 0 Å². The van der Waals surface area contributed by atoms with Crippen LogP contribution in [0.4, 0.5) is 0 Å². The summed E-state index contributed by atoms with van der Waals surface area (Å²) in [5.41, 5.74) is 6.89. The van der Waals surface area contributed by atoms with Crippen molar-refractivity contribution < 1.29 is 4.74 Å². The lowest BCUT2D eigenvalue weighted by molar-refractivity contribution is 0.340. The van der Waals surface area contributed by atoms with Gasteiger partial charge in [0.05, 0.1) is 6.61 Å². The predicted octanol–water partition coefficient (Wildman–Crippen LogP) is 4.93. The van der Waals surface area contributed by atoms with Crippen molar-refractivity contribution in [3.05, 3.63) is 64.7 Å². The summed E-state index contributed by atoms with van der Waals surface area (Å²) in [4.78, 5) is 0. The molecule has 116 valence electrons. The lowest BCUT2D eigenvalue weighted by atomic mass is 10.1. The van der Waals surface area contributed by atoms with Crippen molar-refractivity contribution in [3.8, 4) is 5.75 Å². The molecule has 2 rings (SSSR count). The molecular formula is C18H26ClNO. The summed E-state index contributed by atoms with van der Waals surface area (Å²) in [5, 5.41) is 0.821. The van der Waals surface area contributed by atoms with Gasteiger partial charge in [0, 0.05) is 5.02 Å². The van der Waals surface area contributed by atoms with Gasteiger partial charge >= 0.3 is 0 Å². The van der Waals surface area contributed by atoms with Crippen LogP contribution >= 0.6 is 11.6 Å². The van der Waals surface area contributed by atoms with E-state index in [9.17, 15) is 0 Å². The lowest BCUT2D eigenvalue weighted by Gasteiger charge is -2.06. The van der Waals surface area contributed by atoms with Crippen LogP contribution in [0.2, 0.25) is 5.02 Å². The van der Waals surface area contributed by atoms with Gasteiger partial charge in [-0.1, -0.05) is 55.8 Å². The highest BCUT2D eigenvalue weighted by Gasteiger charge is 2.01. The Balaban J connectivity index is 0.000000921. The third kappa shape index (κ3) is 7.16. The van der Waals surface area contributed by atoms with Crippen LogP contribution in [0.3, 0.4) is 0 Å². The number of rotatable bonds is 4. The number of benzene rings is 2. The van der Waals surface area contributed by atoms with Gasteiger partial charge in [-0.3, -0.25) is 0 Å². The van der Waals surface area contributed by atoms with Crippen LogP contribution in [0.1, 0.15) is 31.9 Å². The summed E-state index contributed by atoms with van der Waals surface area (Å²) < 4.78 is 5.41. The first-order valence-corrected chi connectivity index (χ1v) is 7.70. The minimum Gasteiger partial charge on any atom is -0.494 e. The van der Waals surface area contributed by atoms with Crippen molar-refractivity contribution >= 4 is 11.6 Å². The highest BCUT2D eigenvalue weighted by Crippen LogP contribution is 2.20. The molecule has 21 heavy (non-hydrogen) atoms. The maximum atomic E-state index is 6.13. The second kappa shape index (κ2) is 12.2. The first-order chi connectivity index (χ1) is 10.3. The van der Waals surface area contributed by atoms with Gasteiger partial charge in [-0.25, -0.2) is 0 Å². The molecule has 2 aromatic rings. The van der Waals surface area contributed by atoms with Crippen LogP contribution in [0, 0.1) is 0 Å². The number of hydrogen-bond donors (Lipinski definition) is 1. The van der Waals surface area contributed by atoms with E-state index in [0.29, 0.717) is 6.61 Å². The van der Waals surface area contributed by atoms with E-state index in [0.717, 1.165) is 22.8 Å². The summed E-state index contributed by atoms with van der Waals surface area (Å²) in [6.45, 7) is 6.68. The Hall–Kier alpha value is -1.51. The zero-order chi connectivity index (χ0) is 16.1. The predicted molar refractivity (Wildman–Crippen MR) is 93.3 cm³/mol. The van der Waals surface area contributed by atoms with E-state index in [1.165, 1.54) is 12.6 Å². The first kappa shape index (κ1) is 19.5. The van der Waals surface area contributed by atoms with Gasteiger partial charge < -0.3 is 10.5 Å². The monoisotopic (exact) mass is 307 g/mol. The molecule has 0 amide bonds. The van der Waals surface area contributed by atoms with Crippen molar-refractivity contribution in [2.24, 2.45) is 5.73 Å². The summed E-state index contributed by atoms with van der Waals surface area (Å²) >= 11 is 6.13. The van der Waals surface area contributed by atoms with Gasteiger partial charge in [-0.05, 0) is 49.7 Å². The first-order valence-electron chi connectivity index (χ1n) is 7.32. The van der Waals surface area contributed by atoms with Gasteiger partial charge in [-0.2, -0.15) is 0 Å². The molecule has 0 aromatic heterocycles. The summed E-state index contributed by atoms with van der Waals surface area (Å²) in [6, 6.07) is 16.1. The number of nitrogens with two attached hydrogens (primary N) is 1. The van der Waals surface area contributed by atoms with Gasteiger partial charge in [-0.15, -0.1) is 0 Å². The van der Waals surface area contributed by atoms with Gasteiger partial charge in [0.25, 0.3) is 0 Å². The molecule has 0 unspecified atom stereocenters. The molecule has 2 nitrogen and oxygen atoms in total. The van der Waals surface area contributed by atoms with Crippen LogP contribution in [-0.4, -0.2) is 13.7 Å². The topological polar surface area (TPSA) is 35.2 Å². The molecule has 0 saturated carbocycles. The molecule has 0 atom stereocenters. The average Bonchev–Trinajstić information content (AvgIpc) is 2.56. The summed E-state index contributed by atoms with van der Waals surface area (Å²) in [6.07, 6.45) is 0.853. The number of ether oxygens (including phenoxy) is 1. The molecule has 0 saturated heterocycles. The van der Waals surface area contributed by atoms with E-state index in [2.05, 4.69) is 23.9 Å². The van der Waals surface area contributed by atoms with Crippen molar-refractivity contribution in [1.29, 1.82) is 0 Å². The minimum absolute atomic E-state index is 0.698. The zero-order valence-corrected chi connectivity index (χ0v) is 14.2. The van der Waals surface area contributed by atoms with Crippen LogP contribution in [0.25, 0.3) is 0 Å². The molecule has 2 aromatic carbocycles. The van der Waals surface area contributed by atoms with Crippen LogP contribution < -0.4 is 10.5 Å². The fourth-order valence-corrected chi connectivity index (χ4v) is 1.93. The van der Waals surface area contributed by atoms with E-state index >= 15 is 0 Å². The minimum atomic E-state index is 0.698. The van der Waals surface area contributed by atoms with Gasteiger partial charge in [0.1, 0.15) is 5.75 Å². The summed E-state index contributed by atoms with van der Waals surface area (Å²) in [5.74, 6) is 0.912. The number of hydrogen-bond acceptors (Lipinski definition) is 2. The summed E-state index contributed by atoms with van der Waals surface area (Å²) in [7, 11) is 1.50.